The molecule has 0 spiro atoms. The average molecular weight is 444 g/mol. The van der Waals surface area contributed by atoms with E-state index in [1.807, 2.05) is 0 Å². The number of nitrogens with two attached hydrogens (primary N) is 2. The van der Waals surface area contributed by atoms with Gasteiger partial charge in [-0.25, -0.2) is 33.2 Å². The number of anilines is 3. The molecule has 0 unspecified atom stereocenters. The number of methoxy groups -OCH3 is 1. The van der Waals surface area contributed by atoms with Gasteiger partial charge in [0.05, 0.1) is 25.2 Å². The Morgan fingerprint density at radius 2 is 1.88 bits per heavy atom. The van der Waals surface area contributed by atoms with Crippen molar-refractivity contribution in [2.24, 2.45) is 0 Å². The highest BCUT2D eigenvalue weighted by Gasteiger charge is 2.21. The van der Waals surface area contributed by atoms with E-state index >= 15 is 0 Å². The van der Waals surface area contributed by atoms with Crippen LogP contribution in [0.2, 0.25) is 0 Å². The van der Waals surface area contributed by atoms with Gasteiger partial charge >= 0.3 is 6.09 Å². The number of aromatic nitrogens is 5. The van der Waals surface area contributed by atoms with Crippen molar-refractivity contribution < 1.29 is 23.8 Å². The molecule has 11 nitrogen and oxygen atoms in total. The van der Waals surface area contributed by atoms with E-state index in [1.165, 1.54) is 23.9 Å². The summed E-state index contributed by atoms with van der Waals surface area (Å²) in [5, 5.41) is 7.00. The zero-order chi connectivity index (χ0) is 22.1. The number of hydrogen-bond donors (Lipinski definition) is 3. The molecule has 4 rings (SSSR count). The first-order chi connectivity index (χ1) is 14.9. The molecule has 166 valence electrons. The number of fused-ring (bicyclic) bond motifs is 1. The summed E-state index contributed by atoms with van der Waals surface area (Å²) in [6.45, 7) is 0.0365. The number of rotatable bonds is 4. The minimum absolute atomic E-state index is 0. The molecule has 0 atom stereocenters. The fourth-order valence-corrected chi connectivity index (χ4v) is 2.98. The molecule has 0 fully saturated rings. The van der Waals surface area contributed by atoms with Crippen molar-refractivity contribution in [3.8, 4) is 11.5 Å². The Kier molecular flexibility index (Phi) is 6.11. The van der Waals surface area contributed by atoms with Gasteiger partial charge in [0, 0.05) is 5.56 Å². The lowest BCUT2D eigenvalue weighted by molar-refractivity contribution is 0.187. The van der Waals surface area contributed by atoms with E-state index in [0.717, 1.165) is 6.20 Å². The van der Waals surface area contributed by atoms with Crippen LogP contribution in [-0.4, -0.2) is 43.4 Å². The van der Waals surface area contributed by atoms with E-state index in [0.29, 0.717) is 5.56 Å². The molecule has 0 bridgehead atoms. The summed E-state index contributed by atoms with van der Waals surface area (Å²) < 4.78 is 34.0. The van der Waals surface area contributed by atoms with Crippen LogP contribution in [0.4, 0.5) is 30.9 Å². The molecular weight excluding hydrogens is 426 g/mol. The van der Waals surface area contributed by atoms with Crippen molar-refractivity contribution in [1.82, 2.24) is 24.7 Å². The minimum Gasteiger partial charge on any atom is -0.453 e. The summed E-state index contributed by atoms with van der Waals surface area (Å²) in [4.78, 5) is 23.8. The second-order valence-electron chi connectivity index (χ2n) is 6.43. The van der Waals surface area contributed by atoms with Crippen LogP contribution in [0, 0.1) is 11.6 Å². The fraction of sp³-hybridized carbons (Fsp3) is 0.105. The number of nitrogen functional groups attached to an aromatic ring is 2. The normalized spacial score (nSPS) is 10.6. The highest BCUT2D eigenvalue weighted by Crippen LogP contribution is 2.30. The van der Waals surface area contributed by atoms with Crippen molar-refractivity contribution in [3.63, 3.8) is 0 Å². The summed E-state index contributed by atoms with van der Waals surface area (Å²) >= 11 is 0. The Bertz CT molecular complexity index is 1290. The minimum atomic E-state index is -0.805. The fourth-order valence-electron chi connectivity index (χ4n) is 2.98. The number of amides is 1. The van der Waals surface area contributed by atoms with Crippen molar-refractivity contribution in [1.29, 1.82) is 0 Å². The topological polar surface area (TPSA) is 178 Å². The van der Waals surface area contributed by atoms with Crippen LogP contribution in [0.3, 0.4) is 0 Å². The molecule has 3 aromatic heterocycles. The van der Waals surface area contributed by atoms with Crippen LogP contribution in [0.5, 0.6) is 0 Å². The van der Waals surface area contributed by atoms with Crippen LogP contribution in [-0.2, 0) is 11.3 Å². The summed E-state index contributed by atoms with van der Waals surface area (Å²) in [6, 6.07) is 7.40. The second kappa shape index (κ2) is 8.77. The number of nitrogens with one attached hydrogen (secondary N) is 1. The standard InChI is InChI=1S/C19H16F2N8O2.H2O/c1-31-19(30)25-14-15(22)26-17(27-16(14)23)13-11-6-10(20)7-24-18(11)29(28-13)8-9-4-2-3-5-12(9)21;/h2-7H,8H2,1H3,(H,25,30)(H4,22,23,26,27);1H2. The third-order valence-corrected chi connectivity index (χ3v) is 4.42. The summed E-state index contributed by atoms with van der Waals surface area (Å²) in [7, 11) is 1.17. The number of carbonyl (C=O) groups is 1. The smallest absolute Gasteiger partial charge is 0.411 e. The Morgan fingerprint density at radius 3 is 2.53 bits per heavy atom. The van der Waals surface area contributed by atoms with Gasteiger partial charge in [0.1, 0.15) is 23.0 Å². The Hall–Kier alpha value is -4.39. The summed E-state index contributed by atoms with van der Waals surface area (Å²) in [5.41, 5.74) is 12.6. The molecule has 0 saturated heterocycles. The summed E-state index contributed by atoms with van der Waals surface area (Å²) in [6.07, 6.45) is 0.221. The highest BCUT2D eigenvalue weighted by molar-refractivity contribution is 5.94. The van der Waals surface area contributed by atoms with Gasteiger partial charge in [0.15, 0.2) is 23.1 Å². The first-order valence-electron chi connectivity index (χ1n) is 8.91. The highest BCUT2D eigenvalue weighted by atomic mass is 19.1. The maximum atomic E-state index is 14.1. The number of benzene rings is 1. The van der Waals surface area contributed by atoms with E-state index in [2.05, 4.69) is 30.1 Å². The van der Waals surface area contributed by atoms with Gasteiger partial charge in [-0.3, -0.25) is 5.32 Å². The van der Waals surface area contributed by atoms with Crippen molar-refractivity contribution in [2.75, 3.05) is 23.9 Å². The largest absolute Gasteiger partial charge is 0.453 e. The van der Waals surface area contributed by atoms with E-state index in [-0.39, 0.29) is 51.9 Å². The molecule has 1 amide bonds. The number of pyridine rings is 1. The Morgan fingerprint density at radius 1 is 1.19 bits per heavy atom. The second-order valence-corrected chi connectivity index (χ2v) is 6.43. The lowest BCUT2D eigenvalue weighted by atomic mass is 10.2. The molecule has 0 aliphatic carbocycles. The van der Waals surface area contributed by atoms with Crippen molar-refractivity contribution in [3.05, 3.63) is 53.7 Å². The van der Waals surface area contributed by atoms with Crippen LogP contribution in [0.15, 0.2) is 36.5 Å². The van der Waals surface area contributed by atoms with Crippen LogP contribution in [0.1, 0.15) is 5.56 Å². The van der Waals surface area contributed by atoms with Crippen LogP contribution >= 0.6 is 0 Å². The van der Waals surface area contributed by atoms with Gasteiger partial charge in [-0.15, -0.1) is 0 Å². The first-order valence-corrected chi connectivity index (χ1v) is 8.91. The van der Waals surface area contributed by atoms with Gasteiger partial charge in [0.25, 0.3) is 0 Å². The third kappa shape index (κ3) is 4.09. The number of hydrogen-bond acceptors (Lipinski definition) is 8. The van der Waals surface area contributed by atoms with E-state index in [4.69, 9.17) is 11.5 Å². The Labute approximate surface area is 179 Å². The average Bonchev–Trinajstić information content (AvgIpc) is 3.09. The zero-order valence-corrected chi connectivity index (χ0v) is 16.6. The molecule has 0 radical (unpaired) electrons. The van der Waals surface area contributed by atoms with E-state index in [9.17, 15) is 13.6 Å². The predicted molar refractivity (Wildman–Crippen MR) is 112 cm³/mol. The maximum absolute atomic E-state index is 14.1. The quantitative estimate of drug-likeness (QED) is 0.426. The van der Waals surface area contributed by atoms with Gasteiger partial charge < -0.3 is 21.7 Å². The van der Waals surface area contributed by atoms with E-state index in [1.54, 1.807) is 18.2 Å². The molecule has 0 aliphatic rings. The predicted octanol–water partition coefficient (Wildman–Crippen LogP) is 1.73. The summed E-state index contributed by atoms with van der Waals surface area (Å²) in [5.74, 6) is -1.33. The van der Waals surface area contributed by atoms with E-state index < -0.39 is 17.7 Å². The third-order valence-electron chi connectivity index (χ3n) is 4.42. The lowest BCUT2D eigenvalue weighted by Crippen LogP contribution is -2.16. The first kappa shape index (κ1) is 22.3. The monoisotopic (exact) mass is 444 g/mol. The molecule has 3 heterocycles. The molecule has 0 aliphatic heterocycles. The maximum Gasteiger partial charge on any atom is 0.411 e. The number of ether oxygens (including phenoxy) is 1. The van der Waals surface area contributed by atoms with Gasteiger partial charge in [-0.1, -0.05) is 18.2 Å². The van der Waals surface area contributed by atoms with Crippen molar-refractivity contribution in [2.45, 2.75) is 6.54 Å². The number of nitrogens with zero attached hydrogens (tertiary/aromatic N) is 5. The zero-order valence-electron chi connectivity index (χ0n) is 16.6. The molecule has 7 N–H and O–H groups in total. The van der Waals surface area contributed by atoms with Crippen molar-refractivity contribution >= 4 is 34.4 Å². The lowest BCUT2D eigenvalue weighted by Gasteiger charge is -2.10. The SMILES string of the molecule is COC(=O)Nc1c(N)nc(-c2nn(Cc3ccccc3F)c3ncc(F)cc23)nc1N.O. The van der Waals surface area contributed by atoms with Gasteiger partial charge in [-0.05, 0) is 12.1 Å². The van der Waals surface area contributed by atoms with Crippen LogP contribution in [0.25, 0.3) is 22.6 Å². The molecule has 32 heavy (non-hydrogen) atoms. The molecule has 1 aromatic carbocycles. The Balaban J connectivity index is 0.00000289. The van der Waals surface area contributed by atoms with Gasteiger partial charge in [-0.2, -0.15) is 5.10 Å². The van der Waals surface area contributed by atoms with Crippen LogP contribution < -0.4 is 16.8 Å². The number of halogens is 2. The molecule has 0 saturated carbocycles. The molecular formula is C19H18F2N8O3. The van der Waals surface area contributed by atoms with Gasteiger partial charge in [0.2, 0.25) is 0 Å². The number of carbonyl (C=O) groups excluding carboxylic acids is 1. The molecule has 13 heteroatoms. The molecule has 4 aromatic rings.